The van der Waals surface area contributed by atoms with Crippen molar-refractivity contribution < 1.29 is 4.79 Å². The van der Waals surface area contributed by atoms with Gasteiger partial charge in [0.2, 0.25) is 0 Å². The Morgan fingerprint density at radius 3 is 1.27 bits per heavy atom. The lowest BCUT2D eigenvalue weighted by Crippen LogP contribution is -2.30. The van der Waals surface area contributed by atoms with Crippen LogP contribution < -0.4 is 0 Å². The van der Waals surface area contributed by atoms with E-state index in [0.717, 1.165) is 22.3 Å². The molecule has 0 aliphatic heterocycles. The van der Waals surface area contributed by atoms with Crippen molar-refractivity contribution in [3.8, 4) is 0 Å². The summed E-state index contributed by atoms with van der Waals surface area (Å²) in [6.45, 7) is 0. The Morgan fingerprint density at radius 1 is 0.485 bits per heavy atom. The highest BCUT2D eigenvalue weighted by Gasteiger charge is 2.33. The van der Waals surface area contributed by atoms with Crippen LogP contribution in [0.3, 0.4) is 0 Å². The van der Waals surface area contributed by atoms with Crippen molar-refractivity contribution in [2.75, 3.05) is 0 Å². The molecule has 0 amide bonds. The minimum atomic E-state index is -0.946. The predicted octanol–water partition coefficient (Wildman–Crippen LogP) is 7.63. The molecule has 0 unspecified atom stereocenters. The zero-order chi connectivity index (χ0) is 22.8. The molecule has 0 saturated carbocycles. The Kier molecular flexibility index (Phi) is 7.25. The normalized spacial score (nSPS) is 13.5. The minimum Gasteiger partial charge on any atom is -0.293 e. The minimum absolute atomic E-state index is 0.00286. The molecular formula is C32H26O. The van der Waals surface area contributed by atoms with Crippen LogP contribution in [-0.2, 0) is 10.2 Å². The van der Waals surface area contributed by atoms with Crippen molar-refractivity contribution in [3.63, 3.8) is 0 Å². The quantitative estimate of drug-likeness (QED) is 0.265. The van der Waals surface area contributed by atoms with Crippen LogP contribution in [0.25, 0.3) is 18.2 Å². The molecule has 4 aromatic carbocycles. The zero-order valence-corrected chi connectivity index (χ0v) is 18.4. The van der Waals surface area contributed by atoms with E-state index in [2.05, 4.69) is 0 Å². The van der Waals surface area contributed by atoms with E-state index in [0.29, 0.717) is 0 Å². The van der Waals surface area contributed by atoms with Gasteiger partial charge in [-0.25, -0.2) is 0 Å². The second kappa shape index (κ2) is 10.9. The van der Waals surface area contributed by atoms with Gasteiger partial charge in [-0.2, -0.15) is 0 Å². The average molecular weight is 427 g/mol. The second-order valence-electron chi connectivity index (χ2n) is 7.83. The molecule has 4 rings (SSSR count). The van der Waals surface area contributed by atoms with Crippen LogP contribution >= 0.6 is 0 Å². The molecule has 0 radical (unpaired) electrons. The highest BCUT2D eigenvalue weighted by atomic mass is 16.1. The van der Waals surface area contributed by atoms with Crippen molar-refractivity contribution >= 4 is 24.0 Å². The molecule has 0 atom stereocenters. The van der Waals surface area contributed by atoms with Gasteiger partial charge in [0.25, 0.3) is 0 Å². The topological polar surface area (TPSA) is 17.1 Å². The Hall–Kier alpha value is -4.23. The Morgan fingerprint density at radius 2 is 0.848 bits per heavy atom. The van der Waals surface area contributed by atoms with Crippen LogP contribution in [0.2, 0.25) is 0 Å². The summed E-state index contributed by atoms with van der Waals surface area (Å²) in [4.78, 5) is 13.9. The van der Waals surface area contributed by atoms with Gasteiger partial charge >= 0.3 is 0 Å². The molecule has 160 valence electrons. The van der Waals surface area contributed by atoms with Crippen LogP contribution in [-0.4, -0.2) is 5.78 Å². The Bertz CT molecular complexity index is 1190. The van der Waals surface area contributed by atoms with Crippen LogP contribution in [0.1, 0.15) is 22.3 Å². The number of hydrogen-bond acceptors (Lipinski definition) is 1. The molecule has 1 nitrogen and oxygen atoms in total. The summed E-state index contributed by atoms with van der Waals surface area (Å²) in [6, 6.07) is 40.0. The molecule has 0 aromatic heterocycles. The van der Waals surface area contributed by atoms with Crippen LogP contribution in [0.15, 0.2) is 140 Å². The highest BCUT2D eigenvalue weighted by Crippen LogP contribution is 2.32. The summed E-state index contributed by atoms with van der Waals surface area (Å²) in [6.07, 6.45) is 11.6. The van der Waals surface area contributed by atoms with Gasteiger partial charge in [-0.15, -0.1) is 0 Å². The number of ketones is 1. The van der Waals surface area contributed by atoms with E-state index in [1.54, 1.807) is 6.08 Å². The van der Waals surface area contributed by atoms with Crippen molar-refractivity contribution in [2.24, 2.45) is 0 Å². The van der Waals surface area contributed by atoms with Gasteiger partial charge < -0.3 is 0 Å². The SMILES string of the molecule is O=C(C=Cc1ccccc1)C(C=Cc1ccccc1)(C=Cc1ccccc1)c1ccccc1. The van der Waals surface area contributed by atoms with E-state index in [4.69, 9.17) is 0 Å². The van der Waals surface area contributed by atoms with Crippen molar-refractivity contribution in [3.05, 3.63) is 162 Å². The molecule has 0 fully saturated rings. The lowest BCUT2D eigenvalue weighted by molar-refractivity contribution is -0.116. The third-order valence-electron chi connectivity index (χ3n) is 5.56. The summed E-state index contributed by atoms with van der Waals surface area (Å²) in [5, 5.41) is 0. The van der Waals surface area contributed by atoms with Gasteiger partial charge in [0.1, 0.15) is 0 Å². The van der Waals surface area contributed by atoms with Gasteiger partial charge in [-0.05, 0) is 28.3 Å². The molecular weight excluding hydrogens is 400 g/mol. The monoisotopic (exact) mass is 426 g/mol. The van der Waals surface area contributed by atoms with Crippen LogP contribution in [0.5, 0.6) is 0 Å². The van der Waals surface area contributed by atoms with Crippen molar-refractivity contribution in [1.82, 2.24) is 0 Å². The maximum Gasteiger partial charge on any atom is 0.173 e. The number of rotatable bonds is 8. The maximum absolute atomic E-state index is 13.9. The van der Waals surface area contributed by atoms with E-state index >= 15 is 0 Å². The van der Waals surface area contributed by atoms with E-state index in [1.807, 2.05) is 152 Å². The summed E-state index contributed by atoms with van der Waals surface area (Å²) >= 11 is 0. The van der Waals surface area contributed by atoms with E-state index in [9.17, 15) is 4.79 Å². The number of hydrogen-bond donors (Lipinski definition) is 0. The molecule has 4 aromatic rings. The fourth-order valence-corrected chi connectivity index (χ4v) is 3.73. The third kappa shape index (κ3) is 5.72. The standard InChI is InChI=1S/C32H26O/c33-31(22-21-27-13-5-1-6-14-27)32(30-19-11-4-12-20-30,25-23-28-15-7-2-8-16-28)26-24-29-17-9-3-10-18-29/h1-26H. The van der Waals surface area contributed by atoms with Crippen molar-refractivity contribution in [2.45, 2.75) is 5.41 Å². The van der Waals surface area contributed by atoms with Gasteiger partial charge in [-0.1, -0.05) is 152 Å². The molecule has 0 saturated heterocycles. The van der Waals surface area contributed by atoms with Gasteiger partial charge in [0.05, 0.1) is 5.41 Å². The lowest BCUT2D eigenvalue weighted by Gasteiger charge is -2.26. The fraction of sp³-hybridized carbons (Fsp3) is 0.0312. The smallest absolute Gasteiger partial charge is 0.173 e. The molecule has 33 heavy (non-hydrogen) atoms. The molecule has 1 heteroatoms. The van der Waals surface area contributed by atoms with Gasteiger partial charge in [0, 0.05) is 0 Å². The number of carbonyl (C=O) groups excluding carboxylic acids is 1. The van der Waals surface area contributed by atoms with E-state index in [1.165, 1.54) is 0 Å². The van der Waals surface area contributed by atoms with Crippen LogP contribution in [0, 0.1) is 0 Å². The summed E-state index contributed by atoms with van der Waals surface area (Å²) < 4.78 is 0. The molecule has 0 heterocycles. The zero-order valence-electron chi connectivity index (χ0n) is 18.4. The fourth-order valence-electron chi connectivity index (χ4n) is 3.73. The largest absolute Gasteiger partial charge is 0.293 e. The Balaban J connectivity index is 1.83. The molecule has 0 aliphatic rings. The summed E-state index contributed by atoms with van der Waals surface area (Å²) in [7, 11) is 0. The number of benzene rings is 4. The van der Waals surface area contributed by atoms with E-state index < -0.39 is 5.41 Å². The molecule has 0 aliphatic carbocycles. The first-order valence-electron chi connectivity index (χ1n) is 11.1. The number of carbonyl (C=O) groups is 1. The maximum atomic E-state index is 13.9. The second-order valence-corrected chi connectivity index (χ2v) is 7.83. The summed E-state index contributed by atoms with van der Waals surface area (Å²) in [5.74, 6) is -0.00286. The first kappa shape index (κ1) is 22.0. The molecule has 0 spiro atoms. The average Bonchev–Trinajstić information content (AvgIpc) is 2.90. The Labute approximate surface area is 196 Å². The lowest BCUT2D eigenvalue weighted by atomic mass is 9.75. The van der Waals surface area contributed by atoms with Gasteiger partial charge in [0.15, 0.2) is 5.78 Å². The predicted molar refractivity (Wildman–Crippen MR) is 140 cm³/mol. The highest BCUT2D eigenvalue weighted by molar-refractivity contribution is 6.06. The molecule has 0 N–H and O–H groups in total. The first-order chi connectivity index (χ1) is 16.3. The first-order valence-corrected chi connectivity index (χ1v) is 11.1. The summed E-state index contributed by atoms with van der Waals surface area (Å²) in [5.41, 5.74) is 3.06. The van der Waals surface area contributed by atoms with Crippen LogP contribution in [0.4, 0.5) is 0 Å². The van der Waals surface area contributed by atoms with Crippen molar-refractivity contribution in [1.29, 1.82) is 0 Å². The third-order valence-corrected chi connectivity index (χ3v) is 5.56. The molecule has 0 bridgehead atoms. The number of allylic oxidation sites excluding steroid dienone is 3. The van der Waals surface area contributed by atoms with E-state index in [-0.39, 0.29) is 5.78 Å². The van der Waals surface area contributed by atoms with Gasteiger partial charge in [-0.3, -0.25) is 4.79 Å².